The minimum atomic E-state index is -1.42. The molecular formula is C24H34F2O2. The van der Waals surface area contributed by atoms with E-state index in [2.05, 4.69) is 6.92 Å². The molecule has 0 heterocycles. The molecule has 0 saturated heterocycles. The molecule has 0 radical (unpaired) electrons. The predicted molar refractivity (Wildman–Crippen MR) is 108 cm³/mol. The monoisotopic (exact) mass is 392 g/mol. The van der Waals surface area contributed by atoms with Crippen LogP contribution in [0.5, 0.6) is 0 Å². The van der Waals surface area contributed by atoms with Crippen molar-refractivity contribution >= 4 is 5.97 Å². The first-order chi connectivity index (χ1) is 13.5. The summed E-state index contributed by atoms with van der Waals surface area (Å²) < 4.78 is 28.4. The zero-order valence-electron chi connectivity index (χ0n) is 17.1. The van der Waals surface area contributed by atoms with Gasteiger partial charge in [0.2, 0.25) is 0 Å². The van der Waals surface area contributed by atoms with Gasteiger partial charge in [0.15, 0.2) is 11.6 Å². The first-order valence-corrected chi connectivity index (χ1v) is 11.2. The molecular weight excluding hydrogens is 358 g/mol. The van der Waals surface area contributed by atoms with Crippen LogP contribution in [0.4, 0.5) is 8.78 Å². The lowest BCUT2D eigenvalue weighted by molar-refractivity contribution is 0.0690. The third kappa shape index (κ3) is 4.93. The number of benzene rings is 1. The summed E-state index contributed by atoms with van der Waals surface area (Å²) in [6.45, 7) is 2.26. The van der Waals surface area contributed by atoms with Crippen LogP contribution in [-0.2, 0) is 0 Å². The van der Waals surface area contributed by atoms with Crippen LogP contribution >= 0.6 is 0 Å². The molecule has 0 unspecified atom stereocenters. The standard InChI is InChI=1S/C24H34F2O2/c1-2-3-4-5-16-6-8-17(9-7-16)18-10-12-19(13-11-18)20-14-15-21(24(27)28)23(26)22(20)25/h14-19H,2-13H2,1H3,(H,27,28). The smallest absolute Gasteiger partial charge is 0.338 e. The van der Waals surface area contributed by atoms with Crippen molar-refractivity contribution < 1.29 is 18.7 Å². The molecule has 3 rings (SSSR count). The zero-order valence-corrected chi connectivity index (χ0v) is 17.1. The zero-order chi connectivity index (χ0) is 20.1. The SMILES string of the molecule is CCCCCC1CCC(C2CCC(c3ccc(C(=O)O)c(F)c3F)CC2)CC1. The summed E-state index contributed by atoms with van der Waals surface area (Å²) in [6.07, 6.45) is 14.7. The molecule has 0 aromatic heterocycles. The largest absolute Gasteiger partial charge is 0.478 e. The van der Waals surface area contributed by atoms with Crippen LogP contribution in [0.3, 0.4) is 0 Å². The van der Waals surface area contributed by atoms with Crippen LogP contribution in [0, 0.1) is 29.4 Å². The highest BCUT2D eigenvalue weighted by Crippen LogP contribution is 2.45. The number of hydrogen-bond acceptors (Lipinski definition) is 1. The van der Waals surface area contributed by atoms with Gasteiger partial charge in [-0.2, -0.15) is 0 Å². The molecule has 0 amide bonds. The number of halogens is 2. The number of carboxylic acids is 1. The van der Waals surface area contributed by atoms with Crippen molar-refractivity contribution in [3.8, 4) is 0 Å². The Kier molecular flexibility index (Phi) is 7.48. The first-order valence-electron chi connectivity index (χ1n) is 11.2. The number of hydrogen-bond donors (Lipinski definition) is 1. The maximum Gasteiger partial charge on any atom is 0.338 e. The van der Waals surface area contributed by atoms with Gasteiger partial charge in [-0.25, -0.2) is 13.6 Å². The second-order valence-corrected chi connectivity index (χ2v) is 9.02. The minimum absolute atomic E-state index is 0.0129. The van der Waals surface area contributed by atoms with Gasteiger partial charge in [-0.3, -0.25) is 0 Å². The van der Waals surface area contributed by atoms with Gasteiger partial charge in [-0.1, -0.05) is 51.5 Å². The third-order valence-electron chi connectivity index (χ3n) is 7.33. The summed E-state index contributed by atoms with van der Waals surface area (Å²) in [4.78, 5) is 11.0. The minimum Gasteiger partial charge on any atom is -0.478 e. The molecule has 2 aliphatic rings. The van der Waals surface area contributed by atoms with E-state index >= 15 is 0 Å². The number of rotatable bonds is 7. The average molecular weight is 393 g/mol. The average Bonchev–Trinajstić information content (AvgIpc) is 2.71. The lowest BCUT2D eigenvalue weighted by atomic mass is 9.68. The van der Waals surface area contributed by atoms with Gasteiger partial charge in [0.25, 0.3) is 0 Å². The molecule has 0 bridgehead atoms. The summed E-state index contributed by atoms with van der Waals surface area (Å²) in [5, 5.41) is 8.94. The van der Waals surface area contributed by atoms with E-state index in [0.29, 0.717) is 5.56 Å². The number of unbranched alkanes of at least 4 members (excludes halogenated alkanes) is 2. The molecule has 1 N–H and O–H groups in total. The highest BCUT2D eigenvalue weighted by Gasteiger charge is 2.32. The second-order valence-electron chi connectivity index (χ2n) is 9.02. The van der Waals surface area contributed by atoms with Gasteiger partial charge in [0.1, 0.15) is 0 Å². The lowest BCUT2D eigenvalue weighted by Gasteiger charge is -2.38. The normalized spacial score (nSPS) is 28.2. The summed E-state index contributed by atoms with van der Waals surface area (Å²) in [5.74, 6) is -1.14. The van der Waals surface area contributed by atoms with Crippen LogP contribution in [-0.4, -0.2) is 11.1 Å². The number of carbonyl (C=O) groups is 1. The quantitative estimate of drug-likeness (QED) is 0.493. The Balaban J connectivity index is 1.50. The van der Waals surface area contributed by atoms with E-state index in [4.69, 9.17) is 5.11 Å². The summed E-state index contributed by atoms with van der Waals surface area (Å²) in [5.41, 5.74) is -0.216. The van der Waals surface area contributed by atoms with Crippen molar-refractivity contribution in [2.75, 3.05) is 0 Å². The van der Waals surface area contributed by atoms with Crippen molar-refractivity contribution in [2.45, 2.75) is 89.9 Å². The fourth-order valence-corrected chi connectivity index (χ4v) is 5.58. The van der Waals surface area contributed by atoms with Crippen LogP contribution < -0.4 is 0 Å². The summed E-state index contributed by atoms with van der Waals surface area (Å²) in [7, 11) is 0. The van der Waals surface area contributed by atoms with Gasteiger partial charge in [0.05, 0.1) is 5.56 Å². The molecule has 4 heteroatoms. The van der Waals surface area contributed by atoms with E-state index < -0.39 is 23.2 Å². The Morgan fingerprint density at radius 2 is 1.54 bits per heavy atom. The fourth-order valence-electron chi connectivity index (χ4n) is 5.58. The fraction of sp³-hybridized carbons (Fsp3) is 0.708. The van der Waals surface area contributed by atoms with Gasteiger partial charge in [0, 0.05) is 0 Å². The second kappa shape index (κ2) is 9.84. The van der Waals surface area contributed by atoms with Crippen LogP contribution in [0.2, 0.25) is 0 Å². The molecule has 2 aliphatic carbocycles. The van der Waals surface area contributed by atoms with E-state index in [0.717, 1.165) is 43.4 Å². The third-order valence-corrected chi connectivity index (χ3v) is 7.33. The van der Waals surface area contributed by atoms with Crippen LogP contribution in [0.1, 0.15) is 106 Å². The number of carboxylic acid groups (broad SMARTS) is 1. The van der Waals surface area contributed by atoms with Crippen molar-refractivity contribution in [1.29, 1.82) is 0 Å². The van der Waals surface area contributed by atoms with Crippen molar-refractivity contribution in [2.24, 2.45) is 17.8 Å². The molecule has 0 aliphatic heterocycles. The highest BCUT2D eigenvalue weighted by atomic mass is 19.2. The van der Waals surface area contributed by atoms with E-state index in [1.165, 1.54) is 63.5 Å². The Morgan fingerprint density at radius 1 is 0.929 bits per heavy atom. The predicted octanol–water partition coefficient (Wildman–Crippen LogP) is 7.32. The molecule has 156 valence electrons. The van der Waals surface area contributed by atoms with E-state index in [9.17, 15) is 13.6 Å². The van der Waals surface area contributed by atoms with Gasteiger partial charge >= 0.3 is 5.97 Å². The Morgan fingerprint density at radius 3 is 2.11 bits per heavy atom. The number of aromatic carboxylic acids is 1. The lowest BCUT2D eigenvalue weighted by Crippen LogP contribution is -2.25. The molecule has 0 atom stereocenters. The van der Waals surface area contributed by atoms with Crippen LogP contribution in [0.15, 0.2) is 12.1 Å². The van der Waals surface area contributed by atoms with E-state index in [1.807, 2.05) is 0 Å². The van der Waals surface area contributed by atoms with Gasteiger partial charge in [-0.15, -0.1) is 0 Å². The van der Waals surface area contributed by atoms with E-state index in [1.54, 1.807) is 0 Å². The molecule has 0 spiro atoms. The Bertz CT molecular complexity index is 657. The van der Waals surface area contributed by atoms with Crippen molar-refractivity contribution in [3.63, 3.8) is 0 Å². The highest BCUT2D eigenvalue weighted by molar-refractivity contribution is 5.88. The first kappa shape index (κ1) is 21.3. The Hall–Kier alpha value is -1.45. The van der Waals surface area contributed by atoms with Crippen molar-refractivity contribution in [3.05, 3.63) is 34.9 Å². The van der Waals surface area contributed by atoms with Crippen molar-refractivity contribution in [1.82, 2.24) is 0 Å². The Labute approximate surface area is 167 Å². The summed E-state index contributed by atoms with van der Waals surface area (Å²) >= 11 is 0. The molecule has 2 nitrogen and oxygen atoms in total. The van der Waals surface area contributed by atoms with Gasteiger partial charge < -0.3 is 5.11 Å². The molecule has 1 aromatic rings. The maximum atomic E-state index is 14.4. The topological polar surface area (TPSA) is 37.3 Å². The molecule has 2 saturated carbocycles. The molecule has 1 aromatic carbocycles. The van der Waals surface area contributed by atoms with Gasteiger partial charge in [-0.05, 0) is 73.8 Å². The summed E-state index contributed by atoms with van der Waals surface area (Å²) in [6, 6.07) is 2.69. The molecule has 28 heavy (non-hydrogen) atoms. The molecule has 2 fully saturated rings. The maximum absolute atomic E-state index is 14.4. The van der Waals surface area contributed by atoms with Crippen LogP contribution in [0.25, 0.3) is 0 Å². The van der Waals surface area contributed by atoms with E-state index in [-0.39, 0.29) is 5.92 Å².